The number of rotatable bonds is 23. The van der Waals surface area contributed by atoms with Gasteiger partial charge < -0.3 is 58.9 Å². The van der Waals surface area contributed by atoms with Crippen LogP contribution in [0, 0.1) is 5.92 Å². The summed E-state index contributed by atoms with van der Waals surface area (Å²) in [5, 5.41) is 28.5. The van der Waals surface area contributed by atoms with E-state index < -0.39 is 71.3 Å². The van der Waals surface area contributed by atoms with Crippen LogP contribution in [-0.2, 0) is 28.8 Å². The van der Waals surface area contributed by atoms with Crippen LogP contribution >= 0.6 is 0 Å². The third-order valence-electron chi connectivity index (χ3n) is 10.5. The van der Waals surface area contributed by atoms with Crippen LogP contribution in [-0.4, -0.2) is 130 Å². The molecule has 0 radical (unpaired) electrons. The van der Waals surface area contributed by atoms with Gasteiger partial charge in [-0.25, -0.2) is 4.79 Å². The van der Waals surface area contributed by atoms with E-state index in [9.17, 15) is 39.0 Å². The molecule has 0 aromatic rings. The molecule has 0 aromatic heterocycles. The molecule has 18 heteroatoms. The molecule has 3 fully saturated rings. The van der Waals surface area contributed by atoms with E-state index in [1.54, 1.807) is 0 Å². The number of carbonyl (C=O) groups is 6. The van der Waals surface area contributed by atoms with Crippen molar-refractivity contribution in [1.82, 2.24) is 25.8 Å². The lowest BCUT2D eigenvalue weighted by Crippen LogP contribution is -2.59. The topological polar surface area (TPSA) is 302 Å². The summed E-state index contributed by atoms with van der Waals surface area (Å²) in [6, 6.07) is -4.11. The molecule has 2 saturated heterocycles. The molecule has 0 bridgehead atoms. The maximum Gasteiger partial charge on any atom is 0.329 e. The molecule has 3 rings (SSSR count). The lowest BCUT2D eigenvalue weighted by atomic mass is 10.0. The van der Waals surface area contributed by atoms with E-state index in [0.29, 0.717) is 58.0 Å². The number of likely N-dealkylation sites (tertiary alicyclic amines) is 2. The molecule has 13 N–H and O–H groups in total. The van der Waals surface area contributed by atoms with Gasteiger partial charge in [-0.15, -0.1) is 0 Å². The van der Waals surface area contributed by atoms with Gasteiger partial charge in [-0.1, -0.05) is 25.7 Å². The van der Waals surface area contributed by atoms with Crippen LogP contribution in [0.3, 0.4) is 0 Å². The fraction of sp³-hybridized carbons (Fsp3) is 0.800. The van der Waals surface area contributed by atoms with Gasteiger partial charge in [-0.3, -0.25) is 29.0 Å². The van der Waals surface area contributed by atoms with Gasteiger partial charge in [-0.05, 0) is 90.1 Å². The molecular weight excluding hydrogens is 688 g/mol. The number of aliphatic hydroxyl groups excluding tert-OH is 1. The first-order valence-electron chi connectivity index (χ1n) is 19.2. The summed E-state index contributed by atoms with van der Waals surface area (Å²) >= 11 is 0. The standard InChI is InChI=1S/C35H62N10O8/c1-22(46)28(42-27(47)14-6-4-8-17-37)30(49)41-24(11-5-2-3-7-16-36)31(50)45-20-10-13-26(45)32(51)44-19-9-12-25(44)29(48)43-35(33(52)53)21-23(35)15-18-40-34(38)39/h22-26,28,46H,2-21,36-37H2,1H3,(H,41,49)(H,42,47)(H,43,48)(H,52,53)(H4,38,39,40)/t22?,23-,24?,25?,26?,28?,35+/m1/s1. The third-order valence-corrected chi connectivity index (χ3v) is 10.5. The molecular formula is C35H62N10O8. The summed E-state index contributed by atoms with van der Waals surface area (Å²) < 4.78 is 0. The van der Waals surface area contributed by atoms with E-state index in [0.717, 1.165) is 32.1 Å². The summed E-state index contributed by atoms with van der Waals surface area (Å²) in [5.41, 5.74) is 20.5. The predicted octanol–water partition coefficient (Wildman–Crippen LogP) is -1.63. The molecule has 300 valence electrons. The number of nitrogens with two attached hydrogens (primary N) is 4. The number of nitrogens with zero attached hydrogens (tertiary/aromatic N) is 3. The van der Waals surface area contributed by atoms with Crippen LogP contribution in [0.5, 0.6) is 0 Å². The molecule has 2 heterocycles. The zero-order chi connectivity index (χ0) is 39.1. The van der Waals surface area contributed by atoms with Crippen LogP contribution in [0.1, 0.15) is 103 Å². The number of hydrogen-bond donors (Lipinski definition) is 9. The minimum atomic E-state index is -1.47. The summed E-state index contributed by atoms with van der Waals surface area (Å²) in [6.07, 6.45) is 6.60. The van der Waals surface area contributed by atoms with Crippen LogP contribution in [0.25, 0.3) is 0 Å². The molecule has 0 aromatic carbocycles. The van der Waals surface area contributed by atoms with Crippen molar-refractivity contribution in [2.75, 3.05) is 32.7 Å². The maximum absolute atomic E-state index is 14.2. The van der Waals surface area contributed by atoms with Crippen molar-refractivity contribution in [3.05, 3.63) is 0 Å². The van der Waals surface area contributed by atoms with Crippen molar-refractivity contribution >= 4 is 41.5 Å². The van der Waals surface area contributed by atoms with Gasteiger partial charge in [0.15, 0.2) is 5.96 Å². The smallest absolute Gasteiger partial charge is 0.329 e. The molecule has 1 aliphatic carbocycles. The van der Waals surface area contributed by atoms with E-state index in [1.165, 1.54) is 16.7 Å². The van der Waals surface area contributed by atoms with E-state index in [1.807, 2.05) is 0 Å². The number of carboxylic acids is 1. The number of amides is 5. The summed E-state index contributed by atoms with van der Waals surface area (Å²) in [5.74, 6) is -4.19. The molecule has 2 aliphatic heterocycles. The zero-order valence-corrected chi connectivity index (χ0v) is 31.1. The highest BCUT2D eigenvalue weighted by atomic mass is 16.4. The molecule has 7 atom stereocenters. The number of hydrogen-bond acceptors (Lipinski definition) is 10. The van der Waals surface area contributed by atoms with Gasteiger partial charge in [0.1, 0.15) is 29.7 Å². The lowest BCUT2D eigenvalue weighted by molar-refractivity contribution is -0.149. The van der Waals surface area contributed by atoms with Gasteiger partial charge in [0, 0.05) is 26.1 Å². The fourth-order valence-electron chi connectivity index (χ4n) is 7.40. The molecule has 3 aliphatic rings. The largest absolute Gasteiger partial charge is 0.479 e. The fourth-order valence-corrected chi connectivity index (χ4v) is 7.40. The number of aliphatic carboxylic acids is 1. The maximum atomic E-state index is 14.2. The Morgan fingerprint density at radius 3 is 2.11 bits per heavy atom. The Hall–Kier alpha value is -4.03. The number of nitrogens with one attached hydrogen (secondary N) is 3. The Bertz CT molecular complexity index is 1310. The first kappa shape index (κ1) is 43.4. The van der Waals surface area contributed by atoms with Gasteiger partial charge in [0.05, 0.1) is 6.10 Å². The quantitative estimate of drug-likeness (QED) is 0.0323. The molecule has 5 unspecified atom stereocenters. The zero-order valence-electron chi connectivity index (χ0n) is 31.1. The molecule has 0 spiro atoms. The number of unbranched alkanes of at least 4 members (excludes halogenated alkanes) is 5. The molecule has 18 nitrogen and oxygen atoms in total. The second kappa shape index (κ2) is 21.0. The highest BCUT2D eigenvalue weighted by Gasteiger charge is 2.62. The van der Waals surface area contributed by atoms with Crippen molar-refractivity contribution in [2.45, 2.75) is 139 Å². The van der Waals surface area contributed by atoms with Crippen LogP contribution < -0.4 is 38.9 Å². The molecule has 1 saturated carbocycles. The van der Waals surface area contributed by atoms with Gasteiger partial charge >= 0.3 is 5.97 Å². The van der Waals surface area contributed by atoms with E-state index in [-0.39, 0.29) is 50.8 Å². The number of aliphatic imine (C=N–C) groups is 1. The highest BCUT2D eigenvalue weighted by molar-refractivity contribution is 5.97. The number of aliphatic hydroxyl groups is 1. The Morgan fingerprint density at radius 2 is 1.49 bits per heavy atom. The Balaban J connectivity index is 1.72. The summed E-state index contributed by atoms with van der Waals surface area (Å²) in [6.45, 7) is 3.18. The lowest BCUT2D eigenvalue weighted by Gasteiger charge is -2.33. The second-order valence-corrected chi connectivity index (χ2v) is 14.6. The predicted molar refractivity (Wildman–Crippen MR) is 197 cm³/mol. The molecule has 53 heavy (non-hydrogen) atoms. The van der Waals surface area contributed by atoms with Crippen molar-refractivity contribution in [3.63, 3.8) is 0 Å². The van der Waals surface area contributed by atoms with Crippen molar-refractivity contribution < 1.29 is 39.0 Å². The van der Waals surface area contributed by atoms with Crippen LogP contribution in [0.2, 0.25) is 0 Å². The number of guanidine groups is 1. The Morgan fingerprint density at radius 1 is 0.868 bits per heavy atom. The van der Waals surface area contributed by atoms with Crippen molar-refractivity contribution in [1.29, 1.82) is 0 Å². The Kier molecular flexibility index (Phi) is 17.2. The number of carbonyl (C=O) groups excluding carboxylic acids is 5. The average Bonchev–Trinajstić information content (AvgIpc) is 3.43. The van der Waals surface area contributed by atoms with Crippen molar-refractivity contribution in [2.24, 2.45) is 33.8 Å². The minimum absolute atomic E-state index is 0.107. The normalized spacial score (nSPS) is 23.8. The SMILES string of the molecule is CC(O)C(NC(=O)CCCCCN)C(=O)NC(CCCCCCN)C(=O)N1CCCC1C(=O)N1CCCC1C(=O)N[C@@]1(C(=O)O)C[C@H]1CCN=C(N)N. The monoisotopic (exact) mass is 750 g/mol. The Labute approximate surface area is 311 Å². The van der Waals surface area contributed by atoms with Crippen molar-refractivity contribution in [3.8, 4) is 0 Å². The van der Waals surface area contributed by atoms with Crippen LogP contribution in [0.4, 0.5) is 0 Å². The van der Waals surface area contributed by atoms with E-state index in [4.69, 9.17) is 22.9 Å². The first-order chi connectivity index (χ1) is 25.3. The average molecular weight is 751 g/mol. The number of carboxylic acid groups (broad SMARTS) is 1. The van der Waals surface area contributed by atoms with E-state index >= 15 is 0 Å². The second-order valence-electron chi connectivity index (χ2n) is 14.6. The van der Waals surface area contributed by atoms with Gasteiger partial charge in [0.2, 0.25) is 29.5 Å². The van der Waals surface area contributed by atoms with Gasteiger partial charge in [-0.2, -0.15) is 0 Å². The van der Waals surface area contributed by atoms with E-state index in [2.05, 4.69) is 20.9 Å². The first-order valence-corrected chi connectivity index (χ1v) is 19.2. The highest BCUT2D eigenvalue weighted by Crippen LogP contribution is 2.46. The minimum Gasteiger partial charge on any atom is -0.479 e. The van der Waals surface area contributed by atoms with Gasteiger partial charge in [0.25, 0.3) is 0 Å². The summed E-state index contributed by atoms with van der Waals surface area (Å²) in [7, 11) is 0. The van der Waals surface area contributed by atoms with Crippen LogP contribution in [0.15, 0.2) is 4.99 Å². The molecule has 5 amide bonds. The summed E-state index contributed by atoms with van der Waals surface area (Å²) in [4.78, 5) is 87.0. The third kappa shape index (κ3) is 12.2.